The van der Waals surface area contributed by atoms with Gasteiger partial charge in [0.2, 0.25) is 12.4 Å². The number of esters is 4. The molecule has 1 heterocycles. The van der Waals surface area contributed by atoms with Gasteiger partial charge in [-0.2, -0.15) is 0 Å². The standard InChI is InChI=1S/C34H26O11/c35-29(36)27-25(41-30(37)21-13-5-1-6-14-21)26(42-31(38)22-15-7-2-8-16-22)28(43-32(39)23-17-9-3-10-18-23)34(44-27)45-33(40)24-19-11-4-12-20-24/h1-20,25-28,34H,(H,35,36)/t25-,26-,27+,28+,34-/m0/s1. The van der Waals surface area contributed by atoms with Crippen LogP contribution in [-0.4, -0.2) is 65.7 Å². The number of carboxylic acid groups (broad SMARTS) is 1. The van der Waals surface area contributed by atoms with Crippen LogP contribution in [0, 0.1) is 0 Å². The van der Waals surface area contributed by atoms with E-state index in [9.17, 15) is 29.1 Å². The number of aliphatic carboxylic acids is 1. The number of carbonyl (C=O) groups is 5. The molecule has 0 unspecified atom stereocenters. The first-order chi connectivity index (χ1) is 21.8. The van der Waals surface area contributed by atoms with Crippen LogP contribution in [-0.2, 0) is 28.5 Å². The monoisotopic (exact) mass is 610 g/mol. The minimum Gasteiger partial charge on any atom is -0.479 e. The van der Waals surface area contributed by atoms with Crippen molar-refractivity contribution in [2.24, 2.45) is 0 Å². The lowest BCUT2D eigenvalue weighted by Crippen LogP contribution is -2.64. The van der Waals surface area contributed by atoms with Crippen molar-refractivity contribution < 1.29 is 52.8 Å². The minimum absolute atomic E-state index is 0.0604. The van der Waals surface area contributed by atoms with Crippen LogP contribution in [0.25, 0.3) is 0 Å². The fourth-order valence-electron chi connectivity index (χ4n) is 4.54. The number of benzene rings is 4. The fourth-order valence-corrected chi connectivity index (χ4v) is 4.54. The largest absolute Gasteiger partial charge is 0.479 e. The molecule has 11 nitrogen and oxygen atoms in total. The SMILES string of the molecule is O=C(O[C@@H]1O[C@@H](C(=O)O)[C@@H](OC(=O)c2ccccc2)[C@H](OC(=O)c2ccccc2)[C@H]1OC(=O)c1ccccc1)c1ccccc1. The number of hydrogen-bond donors (Lipinski definition) is 1. The van der Waals surface area contributed by atoms with E-state index in [0.29, 0.717) is 0 Å². The summed E-state index contributed by atoms with van der Waals surface area (Å²) in [4.78, 5) is 65.4. The van der Waals surface area contributed by atoms with E-state index in [4.69, 9.17) is 23.7 Å². The highest BCUT2D eigenvalue weighted by atomic mass is 16.7. The van der Waals surface area contributed by atoms with Crippen molar-refractivity contribution in [3.8, 4) is 0 Å². The van der Waals surface area contributed by atoms with Crippen molar-refractivity contribution in [3.05, 3.63) is 144 Å². The summed E-state index contributed by atoms with van der Waals surface area (Å²) in [5.41, 5.74) is 0.286. The second-order valence-electron chi connectivity index (χ2n) is 9.74. The molecular formula is C34H26O11. The molecule has 1 fully saturated rings. The van der Waals surface area contributed by atoms with Crippen LogP contribution in [0.3, 0.4) is 0 Å². The lowest BCUT2D eigenvalue weighted by molar-refractivity contribution is -0.276. The van der Waals surface area contributed by atoms with E-state index >= 15 is 0 Å². The van der Waals surface area contributed by atoms with Crippen LogP contribution >= 0.6 is 0 Å². The maximum absolute atomic E-state index is 13.3. The highest BCUT2D eigenvalue weighted by Gasteiger charge is 2.56. The van der Waals surface area contributed by atoms with E-state index in [1.54, 1.807) is 72.8 Å². The Morgan fingerprint density at radius 1 is 0.444 bits per heavy atom. The molecule has 11 heteroatoms. The quantitative estimate of drug-likeness (QED) is 0.213. The van der Waals surface area contributed by atoms with Gasteiger partial charge in [-0.15, -0.1) is 0 Å². The first-order valence-corrected chi connectivity index (χ1v) is 13.7. The van der Waals surface area contributed by atoms with Gasteiger partial charge in [0.1, 0.15) is 0 Å². The summed E-state index contributed by atoms with van der Waals surface area (Å²) in [7, 11) is 0. The van der Waals surface area contributed by atoms with Gasteiger partial charge in [0.25, 0.3) is 0 Å². The first-order valence-electron chi connectivity index (χ1n) is 13.7. The van der Waals surface area contributed by atoms with Crippen LogP contribution in [0.15, 0.2) is 121 Å². The van der Waals surface area contributed by atoms with E-state index in [0.717, 1.165) is 0 Å². The average Bonchev–Trinajstić information content (AvgIpc) is 3.08. The van der Waals surface area contributed by atoms with Crippen molar-refractivity contribution in [2.75, 3.05) is 0 Å². The zero-order valence-corrected chi connectivity index (χ0v) is 23.5. The van der Waals surface area contributed by atoms with Crippen molar-refractivity contribution in [1.82, 2.24) is 0 Å². The first kappa shape index (κ1) is 30.6. The predicted molar refractivity (Wildman–Crippen MR) is 155 cm³/mol. The Kier molecular flexibility index (Phi) is 9.61. The van der Waals surface area contributed by atoms with Gasteiger partial charge in [0, 0.05) is 0 Å². The summed E-state index contributed by atoms with van der Waals surface area (Å²) in [6.07, 6.45) is -9.40. The Bertz CT molecular complexity index is 1640. The third-order valence-electron chi connectivity index (χ3n) is 6.73. The van der Waals surface area contributed by atoms with Crippen LogP contribution in [0.5, 0.6) is 0 Å². The Labute approximate surface area is 256 Å². The van der Waals surface area contributed by atoms with Gasteiger partial charge in [-0.05, 0) is 48.5 Å². The van der Waals surface area contributed by atoms with Crippen molar-refractivity contribution in [2.45, 2.75) is 30.7 Å². The topological polar surface area (TPSA) is 152 Å². The van der Waals surface area contributed by atoms with Gasteiger partial charge in [-0.1, -0.05) is 72.8 Å². The summed E-state index contributed by atoms with van der Waals surface area (Å²) >= 11 is 0. The number of rotatable bonds is 9. The van der Waals surface area contributed by atoms with E-state index < -0.39 is 60.6 Å². The van der Waals surface area contributed by atoms with Crippen molar-refractivity contribution in [3.63, 3.8) is 0 Å². The third-order valence-corrected chi connectivity index (χ3v) is 6.73. The van der Waals surface area contributed by atoms with E-state index in [1.165, 1.54) is 48.5 Å². The smallest absolute Gasteiger partial charge is 0.340 e. The highest BCUT2D eigenvalue weighted by molar-refractivity contribution is 5.92. The van der Waals surface area contributed by atoms with Crippen LogP contribution in [0.4, 0.5) is 0 Å². The zero-order valence-electron chi connectivity index (χ0n) is 23.5. The van der Waals surface area contributed by atoms with Crippen LogP contribution in [0.1, 0.15) is 41.4 Å². The number of ether oxygens (including phenoxy) is 5. The van der Waals surface area contributed by atoms with Gasteiger partial charge in [0.15, 0.2) is 18.3 Å². The second-order valence-corrected chi connectivity index (χ2v) is 9.74. The molecule has 0 aromatic heterocycles. The molecule has 0 spiro atoms. The van der Waals surface area contributed by atoms with E-state index in [2.05, 4.69) is 0 Å². The number of carbonyl (C=O) groups excluding carboxylic acids is 4. The molecule has 1 N–H and O–H groups in total. The molecule has 45 heavy (non-hydrogen) atoms. The summed E-state index contributed by atoms with van der Waals surface area (Å²) < 4.78 is 28.3. The third kappa shape index (κ3) is 7.40. The van der Waals surface area contributed by atoms with Crippen LogP contribution < -0.4 is 0 Å². The molecule has 5 atom stereocenters. The molecule has 5 rings (SSSR count). The highest BCUT2D eigenvalue weighted by Crippen LogP contribution is 2.32. The summed E-state index contributed by atoms with van der Waals surface area (Å²) in [6.45, 7) is 0. The lowest BCUT2D eigenvalue weighted by Gasteiger charge is -2.42. The van der Waals surface area contributed by atoms with Gasteiger partial charge in [-0.3, -0.25) is 0 Å². The maximum Gasteiger partial charge on any atom is 0.340 e. The molecule has 4 aromatic carbocycles. The Hall–Kier alpha value is -5.81. The normalized spacial score (nSPS) is 20.7. The molecule has 1 aliphatic heterocycles. The van der Waals surface area contributed by atoms with Crippen molar-refractivity contribution in [1.29, 1.82) is 0 Å². The van der Waals surface area contributed by atoms with Crippen molar-refractivity contribution >= 4 is 29.8 Å². The molecule has 0 saturated carbocycles. The molecule has 1 saturated heterocycles. The molecule has 4 aromatic rings. The fraction of sp³-hybridized carbons (Fsp3) is 0.147. The van der Waals surface area contributed by atoms with E-state index in [-0.39, 0.29) is 22.3 Å². The molecular weight excluding hydrogens is 584 g/mol. The minimum atomic E-state index is -2.02. The molecule has 0 radical (unpaired) electrons. The Morgan fingerprint density at radius 3 is 1.11 bits per heavy atom. The number of hydrogen-bond acceptors (Lipinski definition) is 10. The second kappa shape index (κ2) is 14.1. The van der Waals surface area contributed by atoms with Crippen LogP contribution in [0.2, 0.25) is 0 Å². The molecule has 1 aliphatic rings. The molecule has 0 amide bonds. The number of carboxylic acids is 1. The zero-order chi connectivity index (χ0) is 31.8. The van der Waals surface area contributed by atoms with Gasteiger partial charge in [-0.25, -0.2) is 24.0 Å². The summed E-state index contributed by atoms with van der Waals surface area (Å²) in [6, 6.07) is 30.8. The lowest BCUT2D eigenvalue weighted by atomic mass is 9.97. The Morgan fingerprint density at radius 2 is 0.756 bits per heavy atom. The summed E-state index contributed by atoms with van der Waals surface area (Å²) in [5.74, 6) is -5.44. The van der Waals surface area contributed by atoms with Gasteiger partial charge in [0.05, 0.1) is 22.3 Å². The predicted octanol–water partition coefficient (Wildman–Crippen LogP) is 4.33. The maximum atomic E-state index is 13.3. The Balaban J connectivity index is 1.57. The molecule has 0 bridgehead atoms. The summed E-state index contributed by atoms with van der Waals surface area (Å²) in [5, 5.41) is 10.2. The van der Waals surface area contributed by atoms with E-state index in [1.807, 2.05) is 0 Å². The van der Waals surface area contributed by atoms with Gasteiger partial charge >= 0.3 is 29.8 Å². The molecule has 228 valence electrons. The molecule has 0 aliphatic carbocycles. The average molecular weight is 611 g/mol. The van der Waals surface area contributed by atoms with Gasteiger partial charge < -0.3 is 28.8 Å².